The molecule has 11 heavy (non-hydrogen) atoms. The monoisotopic (exact) mass is 150 g/mol. The molecule has 2 heteroatoms. The maximum Gasteiger partial charge on any atom is 0.156 e. The van der Waals surface area contributed by atoms with E-state index in [2.05, 4.69) is 0 Å². The third kappa shape index (κ3) is 2.08. The number of hydrogen-bond donors (Lipinski definition) is 1. The summed E-state index contributed by atoms with van der Waals surface area (Å²) in [6.45, 7) is 1.50. The zero-order chi connectivity index (χ0) is 8.27. The standard InChI is InChI=1S/C9H10O2/c1-7(10)8-4-2-3-5-9(11)6-8/h2-3,5-6,11H,4H2,1H3. The fraction of sp³-hybridized carbons (Fsp3) is 0.222. The van der Waals surface area contributed by atoms with Crippen LogP contribution in [0.3, 0.4) is 0 Å². The van der Waals surface area contributed by atoms with Crippen LogP contribution >= 0.6 is 0 Å². The Morgan fingerprint density at radius 1 is 1.64 bits per heavy atom. The topological polar surface area (TPSA) is 37.3 Å². The number of Topliss-reactive ketones (excluding diaryl/α,β-unsaturated/α-hetero) is 1. The van der Waals surface area contributed by atoms with E-state index in [0.29, 0.717) is 12.0 Å². The highest BCUT2D eigenvalue weighted by molar-refractivity contribution is 5.94. The molecule has 1 aliphatic carbocycles. The van der Waals surface area contributed by atoms with Crippen molar-refractivity contribution in [2.45, 2.75) is 13.3 Å². The summed E-state index contributed by atoms with van der Waals surface area (Å²) in [5, 5.41) is 9.09. The minimum atomic E-state index is 0.0106. The van der Waals surface area contributed by atoms with Crippen molar-refractivity contribution in [2.75, 3.05) is 0 Å². The lowest BCUT2D eigenvalue weighted by atomic mass is 10.1. The first-order chi connectivity index (χ1) is 5.20. The van der Waals surface area contributed by atoms with Crippen LogP contribution in [0.1, 0.15) is 13.3 Å². The Kier molecular flexibility index (Phi) is 2.26. The van der Waals surface area contributed by atoms with Gasteiger partial charge in [0.05, 0.1) is 0 Å². The van der Waals surface area contributed by atoms with Gasteiger partial charge in [0.25, 0.3) is 0 Å². The molecule has 0 aromatic rings. The summed E-state index contributed by atoms with van der Waals surface area (Å²) < 4.78 is 0. The first-order valence-corrected chi connectivity index (χ1v) is 3.47. The molecule has 0 fully saturated rings. The summed E-state index contributed by atoms with van der Waals surface area (Å²) in [4.78, 5) is 10.9. The van der Waals surface area contributed by atoms with Crippen LogP contribution in [0.4, 0.5) is 0 Å². The molecule has 0 spiro atoms. The summed E-state index contributed by atoms with van der Waals surface area (Å²) in [5.41, 5.74) is 0.646. The van der Waals surface area contributed by atoms with Crippen molar-refractivity contribution in [1.82, 2.24) is 0 Å². The van der Waals surface area contributed by atoms with Crippen molar-refractivity contribution in [2.24, 2.45) is 0 Å². The SMILES string of the molecule is CC(=O)C1=CC(O)=CC=CC1. The Balaban J connectivity index is 2.90. The lowest BCUT2D eigenvalue weighted by Crippen LogP contribution is -1.95. The van der Waals surface area contributed by atoms with E-state index in [9.17, 15) is 4.79 Å². The fourth-order valence-electron chi connectivity index (χ4n) is 0.893. The fourth-order valence-corrected chi connectivity index (χ4v) is 0.893. The van der Waals surface area contributed by atoms with Gasteiger partial charge in [-0.15, -0.1) is 0 Å². The molecule has 0 saturated carbocycles. The number of carbonyl (C=O) groups is 1. The molecule has 0 aliphatic heterocycles. The quantitative estimate of drug-likeness (QED) is 0.619. The van der Waals surface area contributed by atoms with E-state index in [1.54, 1.807) is 12.2 Å². The number of hydrogen-bond acceptors (Lipinski definition) is 2. The maximum atomic E-state index is 10.9. The highest BCUT2D eigenvalue weighted by Crippen LogP contribution is 2.10. The Labute approximate surface area is 65.5 Å². The summed E-state index contributed by atoms with van der Waals surface area (Å²) >= 11 is 0. The number of rotatable bonds is 1. The second kappa shape index (κ2) is 3.19. The van der Waals surface area contributed by atoms with Gasteiger partial charge in [-0.2, -0.15) is 0 Å². The van der Waals surface area contributed by atoms with Gasteiger partial charge in [0.2, 0.25) is 0 Å². The van der Waals surface area contributed by atoms with Gasteiger partial charge >= 0.3 is 0 Å². The van der Waals surface area contributed by atoms with Crippen molar-refractivity contribution < 1.29 is 9.90 Å². The van der Waals surface area contributed by atoms with E-state index in [1.807, 2.05) is 6.08 Å². The average Bonchev–Trinajstić information content (AvgIpc) is 2.13. The van der Waals surface area contributed by atoms with E-state index < -0.39 is 0 Å². The van der Waals surface area contributed by atoms with Gasteiger partial charge in [0.15, 0.2) is 5.78 Å². The van der Waals surface area contributed by atoms with Crippen LogP contribution in [0.25, 0.3) is 0 Å². The third-order valence-corrected chi connectivity index (χ3v) is 1.52. The van der Waals surface area contributed by atoms with E-state index in [0.717, 1.165) is 0 Å². The number of aliphatic hydroxyl groups excluding tert-OH is 1. The molecule has 58 valence electrons. The molecule has 1 aliphatic rings. The molecule has 0 aromatic heterocycles. The second-order valence-corrected chi connectivity index (χ2v) is 2.45. The first-order valence-electron chi connectivity index (χ1n) is 3.47. The van der Waals surface area contributed by atoms with Crippen molar-refractivity contribution in [3.8, 4) is 0 Å². The largest absolute Gasteiger partial charge is 0.508 e. The lowest BCUT2D eigenvalue weighted by Gasteiger charge is -1.95. The summed E-state index contributed by atoms with van der Waals surface area (Å²) in [7, 11) is 0. The number of carbonyl (C=O) groups excluding carboxylic acids is 1. The van der Waals surface area contributed by atoms with Gasteiger partial charge in [-0.3, -0.25) is 4.79 Å². The van der Waals surface area contributed by atoms with Crippen LogP contribution in [-0.2, 0) is 4.79 Å². The van der Waals surface area contributed by atoms with Crippen LogP contribution in [0.2, 0.25) is 0 Å². The van der Waals surface area contributed by atoms with Crippen molar-refractivity contribution in [1.29, 1.82) is 0 Å². The number of aliphatic hydroxyl groups is 1. The third-order valence-electron chi connectivity index (χ3n) is 1.52. The second-order valence-electron chi connectivity index (χ2n) is 2.45. The van der Waals surface area contributed by atoms with E-state index in [4.69, 9.17) is 5.11 Å². The highest BCUT2D eigenvalue weighted by Gasteiger charge is 2.03. The van der Waals surface area contributed by atoms with Crippen LogP contribution in [0, 0.1) is 0 Å². The Morgan fingerprint density at radius 2 is 2.36 bits per heavy atom. The number of allylic oxidation sites excluding steroid dienone is 5. The Bertz CT molecular complexity index is 257. The first kappa shape index (κ1) is 7.79. The predicted molar refractivity (Wildman–Crippen MR) is 43.2 cm³/mol. The Hall–Kier alpha value is -1.31. The molecular formula is C9H10O2. The zero-order valence-corrected chi connectivity index (χ0v) is 6.37. The predicted octanol–water partition coefficient (Wildman–Crippen LogP) is 1.90. The molecule has 1 N–H and O–H groups in total. The Morgan fingerprint density at radius 3 is 3.00 bits per heavy atom. The molecule has 0 radical (unpaired) electrons. The molecule has 0 saturated heterocycles. The van der Waals surface area contributed by atoms with Gasteiger partial charge in [-0.1, -0.05) is 12.2 Å². The summed E-state index contributed by atoms with van der Waals surface area (Å²) in [5.74, 6) is 0.153. The lowest BCUT2D eigenvalue weighted by molar-refractivity contribution is -0.113. The smallest absolute Gasteiger partial charge is 0.156 e. The number of ketones is 1. The molecule has 0 aromatic carbocycles. The van der Waals surface area contributed by atoms with Gasteiger partial charge < -0.3 is 5.11 Å². The van der Waals surface area contributed by atoms with Gasteiger partial charge in [0, 0.05) is 5.57 Å². The molecular weight excluding hydrogens is 140 g/mol. The van der Waals surface area contributed by atoms with Crippen LogP contribution in [0.5, 0.6) is 0 Å². The minimum absolute atomic E-state index is 0.0106. The molecule has 0 unspecified atom stereocenters. The van der Waals surface area contributed by atoms with Crippen molar-refractivity contribution in [3.05, 3.63) is 35.6 Å². The average molecular weight is 150 g/mol. The summed E-state index contributed by atoms with van der Waals surface area (Å²) in [6.07, 6.45) is 7.26. The van der Waals surface area contributed by atoms with Crippen molar-refractivity contribution in [3.63, 3.8) is 0 Å². The van der Waals surface area contributed by atoms with Crippen LogP contribution < -0.4 is 0 Å². The van der Waals surface area contributed by atoms with Crippen LogP contribution in [0.15, 0.2) is 35.6 Å². The molecule has 0 bridgehead atoms. The molecule has 0 amide bonds. The van der Waals surface area contributed by atoms with E-state index >= 15 is 0 Å². The van der Waals surface area contributed by atoms with Crippen molar-refractivity contribution >= 4 is 5.78 Å². The normalized spacial score (nSPS) is 16.8. The molecule has 0 atom stereocenters. The van der Waals surface area contributed by atoms with Crippen LogP contribution in [-0.4, -0.2) is 10.9 Å². The summed E-state index contributed by atoms with van der Waals surface area (Å²) in [6, 6.07) is 0. The maximum absolute atomic E-state index is 10.9. The van der Waals surface area contributed by atoms with Gasteiger partial charge in [-0.05, 0) is 25.5 Å². The van der Waals surface area contributed by atoms with E-state index in [1.165, 1.54) is 13.0 Å². The minimum Gasteiger partial charge on any atom is -0.508 e. The zero-order valence-electron chi connectivity index (χ0n) is 6.37. The highest BCUT2D eigenvalue weighted by atomic mass is 16.3. The van der Waals surface area contributed by atoms with Gasteiger partial charge in [0.1, 0.15) is 5.76 Å². The van der Waals surface area contributed by atoms with E-state index in [-0.39, 0.29) is 11.5 Å². The molecule has 1 rings (SSSR count). The molecule has 2 nitrogen and oxygen atoms in total. The van der Waals surface area contributed by atoms with Gasteiger partial charge in [-0.25, -0.2) is 0 Å². The molecule has 0 heterocycles.